The Bertz CT molecular complexity index is 922. The lowest BCUT2D eigenvalue weighted by molar-refractivity contribution is -0.125. The van der Waals surface area contributed by atoms with Crippen LogP contribution in [-0.4, -0.2) is 54.3 Å². The number of hydrogen-bond acceptors (Lipinski definition) is 4. The van der Waals surface area contributed by atoms with Crippen molar-refractivity contribution in [3.63, 3.8) is 0 Å². The van der Waals surface area contributed by atoms with Crippen molar-refractivity contribution in [1.29, 1.82) is 0 Å². The van der Waals surface area contributed by atoms with Crippen molar-refractivity contribution in [3.8, 4) is 0 Å². The van der Waals surface area contributed by atoms with Crippen molar-refractivity contribution in [2.24, 2.45) is 23.5 Å². The molecule has 39 heavy (non-hydrogen) atoms. The summed E-state index contributed by atoms with van der Waals surface area (Å²) in [7, 11) is 0. The molecule has 0 aliphatic heterocycles. The number of hydrogen-bond donors (Lipinski definition) is 3. The van der Waals surface area contributed by atoms with E-state index in [1.807, 2.05) is 25.7 Å². The summed E-state index contributed by atoms with van der Waals surface area (Å²) in [4.78, 5) is 41.2. The first-order valence-corrected chi connectivity index (χ1v) is 15.0. The molecule has 0 unspecified atom stereocenters. The number of benzene rings is 1. The summed E-state index contributed by atoms with van der Waals surface area (Å²) in [5.41, 5.74) is 8.46. The van der Waals surface area contributed by atoms with E-state index in [0.29, 0.717) is 43.1 Å². The summed E-state index contributed by atoms with van der Waals surface area (Å²) in [6, 6.07) is 5.88. The van der Waals surface area contributed by atoms with Gasteiger partial charge < -0.3 is 21.3 Å². The van der Waals surface area contributed by atoms with E-state index in [-0.39, 0.29) is 29.6 Å². The molecule has 0 saturated carbocycles. The molecule has 1 aromatic carbocycles. The maximum atomic E-state index is 13.5. The molecule has 0 fully saturated rings. The van der Waals surface area contributed by atoms with Crippen LogP contribution in [0.2, 0.25) is 0 Å². The molecular weight excluding hydrogens is 488 g/mol. The molecule has 0 heterocycles. The normalized spacial score (nSPS) is 14.3. The van der Waals surface area contributed by atoms with Crippen LogP contribution in [0.5, 0.6) is 0 Å². The molecule has 1 rings (SSSR count). The Morgan fingerprint density at radius 2 is 1.54 bits per heavy atom. The van der Waals surface area contributed by atoms with Gasteiger partial charge in [-0.15, -0.1) is 0 Å². The third-order valence-corrected chi connectivity index (χ3v) is 7.67. The van der Waals surface area contributed by atoms with E-state index in [2.05, 4.69) is 44.9 Å². The lowest BCUT2D eigenvalue weighted by atomic mass is 9.83. The lowest BCUT2D eigenvalue weighted by Crippen LogP contribution is -2.51. The average molecular weight is 543 g/mol. The Morgan fingerprint density at radius 1 is 0.949 bits per heavy atom. The van der Waals surface area contributed by atoms with Crippen LogP contribution in [0.15, 0.2) is 36.4 Å². The molecule has 7 nitrogen and oxygen atoms in total. The van der Waals surface area contributed by atoms with Gasteiger partial charge in [0.1, 0.15) is 0 Å². The Kier molecular flexibility index (Phi) is 15.7. The number of nitrogens with zero attached hydrogens (tertiary/aromatic N) is 1. The van der Waals surface area contributed by atoms with E-state index in [0.717, 1.165) is 37.7 Å². The number of carbonyl (C=O) groups excluding carboxylic acids is 3. The molecule has 0 radical (unpaired) electrons. The van der Waals surface area contributed by atoms with Gasteiger partial charge in [-0.2, -0.15) is 0 Å². The summed E-state index contributed by atoms with van der Waals surface area (Å²) < 4.78 is 0. The molecule has 0 aromatic heterocycles. The van der Waals surface area contributed by atoms with E-state index in [1.165, 1.54) is 0 Å². The fraction of sp³-hybridized carbons (Fsp3) is 0.656. The Hall–Kier alpha value is -2.67. The van der Waals surface area contributed by atoms with Gasteiger partial charge in [0.2, 0.25) is 5.91 Å². The second-order valence-electron chi connectivity index (χ2n) is 11.0. The molecule has 0 saturated heterocycles. The van der Waals surface area contributed by atoms with Gasteiger partial charge >= 0.3 is 0 Å². The van der Waals surface area contributed by atoms with Gasteiger partial charge in [0, 0.05) is 42.7 Å². The van der Waals surface area contributed by atoms with Crippen molar-refractivity contribution in [3.05, 3.63) is 47.5 Å². The smallest absolute Gasteiger partial charge is 0.253 e. The van der Waals surface area contributed by atoms with Crippen molar-refractivity contribution in [2.75, 3.05) is 19.6 Å². The van der Waals surface area contributed by atoms with Crippen molar-refractivity contribution < 1.29 is 14.4 Å². The molecule has 0 aliphatic rings. The number of amides is 3. The predicted octanol–water partition coefficient (Wildman–Crippen LogP) is 5.56. The molecule has 7 heteroatoms. The summed E-state index contributed by atoms with van der Waals surface area (Å²) in [5, 5.41) is 6.13. The maximum Gasteiger partial charge on any atom is 0.253 e. The fourth-order valence-corrected chi connectivity index (χ4v) is 4.84. The number of rotatable bonds is 18. The molecule has 4 N–H and O–H groups in total. The third-order valence-electron chi connectivity index (χ3n) is 7.67. The molecular formula is C32H54N4O3. The zero-order valence-corrected chi connectivity index (χ0v) is 25.5. The van der Waals surface area contributed by atoms with E-state index in [9.17, 15) is 14.4 Å². The first-order valence-electron chi connectivity index (χ1n) is 15.0. The SMILES string of the molecule is C=C(C(CC)CC)[C@H](NC(=O)c1cccc(C(=O)N(CCC)CCC)c1)[C@@H](N)C[C@@H](C)C(=O)NC[C@@H](C)CC. The molecule has 4 atom stereocenters. The Labute approximate surface area is 237 Å². The van der Waals surface area contributed by atoms with Crippen LogP contribution in [0.4, 0.5) is 0 Å². The van der Waals surface area contributed by atoms with E-state index in [1.54, 1.807) is 24.3 Å². The Morgan fingerprint density at radius 3 is 2.08 bits per heavy atom. The minimum absolute atomic E-state index is 0.0288. The third kappa shape index (κ3) is 10.8. The minimum Gasteiger partial charge on any atom is -0.356 e. The largest absolute Gasteiger partial charge is 0.356 e. The highest BCUT2D eigenvalue weighted by atomic mass is 16.2. The lowest BCUT2D eigenvalue weighted by Gasteiger charge is -2.32. The van der Waals surface area contributed by atoms with Gasteiger partial charge in [0.05, 0.1) is 6.04 Å². The van der Waals surface area contributed by atoms with Crippen LogP contribution in [0, 0.1) is 17.8 Å². The predicted molar refractivity (Wildman–Crippen MR) is 162 cm³/mol. The van der Waals surface area contributed by atoms with Gasteiger partial charge in [-0.05, 0) is 62.1 Å². The van der Waals surface area contributed by atoms with Crippen LogP contribution >= 0.6 is 0 Å². The minimum atomic E-state index is -0.497. The average Bonchev–Trinajstić information content (AvgIpc) is 2.94. The van der Waals surface area contributed by atoms with Gasteiger partial charge in [-0.1, -0.05) is 73.1 Å². The fourth-order valence-electron chi connectivity index (χ4n) is 4.84. The zero-order chi connectivity index (χ0) is 29.5. The van der Waals surface area contributed by atoms with Gasteiger partial charge in [0.25, 0.3) is 11.8 Å². The first-order chi connectivity index (χ1) is 18.5. The monoisotopic (exact) mass is 542 g/mol. The molecule has 0 bridgehead atoms. The van der Waals surface area contributed by atoms with E-state index >= 15 is 0 Å². The standard InChI is InChI=1S/C32H54N4O3/c1-9-17-36(18-10-2)32(39)27-16-14-15-26(20-27)31(38)35-29(24(8)25(12-4)13-5)28(33)19-23(7)30(37)34-21-22(6)11-3/h14-16,20,22-23,25,28-29H,8-13,17-19,21,33H2,1-7H3,(H,34,37)(H,35,38)/t22-,23+,28-,29-/m0/s1. The quantitative estimate of drug-likeness (QED) is 0.211. The highest BCUT2D eigenvalue weighted by Gasteiger charge is 2.30. The number of nitrogens with one attached hydrogen (secondary N) is 2. The second kappa shape index (κ2) is 17.8. The maximum absolute atomic E-state index is 13.5. The molecule has 0 aliphatic carbocycles. The summed E-state index contributed by atoms with van der Waals surface area (Å²) in [5.74, 6) is -0.0968. The van der Waals surface area contributed by atoms with Crippen LogP contribution in [0.3, 0.4) is 0 Å². The van der Waals surface area contributed by atoms with Gasteiger partial charge in [-0.25, -0.2) is 0 Å². The van der Waals surface area contributed by atoms with Crippen LogP contribution in [0.25, 0.3) is 0 Å². The zero-order valence-electron chi connectivity index (χ0n) is 25.5. The van der Waals surface area contributed by atoms with Crippen LogP contribution < -0.4 is 16.4 Å². The molecule has 0 spiro atoms. The molecule has 3 amide bonds. The number of nitrogens with two attached hydrogens (primary N) is 1. The summed E-state index contributed by atoms with van der Waals surface area (Å²) in [6.07, 6.45) is 4.93. The van der Waals surface area contributed by atoms with Gasteiger partial charge in [0.15, 0.2) is 0 Å². The Balaban J connectivity index is 3.13. The van der Waals surface area contributed by atoms with Crippen LogP contribution in [0.1, 0.15) is 108 Å². The topological polar surface area (TPSA) is 105 Å². The second-order valence-corrected chi connectivity index (χ2v) is 11.0. The summed E-state index contributed by atoms with van der Waals surface area (Å²) >= 11 is 0. The first kappa shape index (κ1) is 34.4. The van der Waals surface area contributed by atoms with Crippen molar-refractivity contribution >= 4 is 17.7 Å². The molecule has 220 valence electrons. The van der Waals surface area contributed by atoms with Gasteiger partial charge in [-0.3, -0.25) is 14.4 Å². The summed E-state index contributed by atoms with van der Waals surface area (Å²) in [6.45, 7) is 20.7. The highest BCUT2D eigenvalue weighted by Crippen LogP contribution is 2.24. The van der Waals surface area contributed by atoms with Crippen LogP contribution in [-0.2, 0) is 4.79 Å². The number of carbonyl (C=O) groups is 3. The van der Waals surface area contributed by atoms with E-state index < -0.39 is 12.1 Å². The van der Waals surface area contributed by atoms with Crippen molar-refractivity contribution in [1.82, 2.24) is 15.5 Å². The molecule has 1 aromatic rings. The van der Waals surface area contributed by atoms with E-state index in [4.69, 9.17) is 5.73 Å². The highest BCUT2D eigenvalue weighted by molar-refractivity contribution is 6.00. The van der Waals surface area contributed by atoms with Crippen molar-refractivity contribution in [2.45, 2.75) is 99.1 Å².